The largest absolute Gasteiger partial charge is 0.369 e. The van der Waals surface area contributed by atoms with E-state index in [-0.39, 0.29) is 23.8 Å². The molecule has 82 heavy (non-hydrogen) atoms. The standard InChI is InChI=1S/C66H70N14O2/c1-10-59(81)76(8)53-14-12-13-45(32-53)61-54-33-48(51-38-69-75(7)40-51)36-67-65(54)72-64(61)47-19-22-57(79-29-25-74(6)26-30-79)50(31-47)41-80(60(82)11-2)58-35-46(16-15-42(58)3)62-55-34-49(56-39-70-77(9)43(56)4)37-68-66(55)71-63(62)44-17-20-52(21-18-44)78-27-23-73(5)24-28-78/h10-22,31-40,42,58H,1-2,23-30,41H2,3-9H3,(H,67,72)(H,68,71). The molecule has 3 aliphatic rings. The van der Waals surface area contributed by atoms with Crippen molar-refractivity contribution >= 4 is 56.5 Å². The van der Waals surface area contributed by atoms with Gasteiger partial charge in [0.05, 0.1) is 29.8 Å². The summed E-state index contributed by atoms with van der Waals surface area (Å²) in [7, 11) is 9.97. The van der Waals surface area contributed by atoms with Crippen molar-refractivity contribution in [2.75, 3.05) is 88.2 Å². The topological polar surface area (TPSA) is 147 Å². The fourth-order valence-electron chi connectivity index (χ4n) is 12.0. The molecule has 0 saturated carbocycles. The third kappa shape index (κ3) is 10.1. The van der Waals surface area contributed by atoms with Gasteiger partial charge in [-0.1, -0.05) is 68.6 Å². The van der Waals surface area contributed by atoms with Crippen LogP contribution in [0.25, 0.3) is 83.5 Å². The Morgan fingerprint density at radius 1 is 0.671 bits per heavy atom. The summed E-state index contributed by atoms with van der Waals surface area (Å²) < 4.78 is 3.68. The first-order valence-electron chi connectivity index (χ1n) is 28.2. The number of hydrogen-bond acceptors (Lipinski definition) is 10. The van der Waals surface area contributed by atoms with Crippen LogP contribution >= 0.6 is 0 Å². The second-order valence-electron chi connectivity index (χ2n) is 22.3. The number of aryl methyl sites for hydroxylation is 2. The van der Waals surface area contributed by atoms with E-state index in [1.54, 1.807) is 16.6 Å². The number of nitrogens with one attached hydrogen (secondary N) is 2. The van der Waals surface area contributed by atoms with Crippen molar-refractivity contribution in [3.05, 3.63) is 170 Å². The van der Waals surface area contributed by atoms with Gasteiger partial charge in [-0.15, -0.1) is 0 Å². The molecular weight excluding hydrogens is 1020 g/mol. The van der Waals surface area contributed by atoms with E-state index in [0.29, 0.717) is 12.2 Å². The molecule has 2 fully saturated rings. The van der Waals surface area contributed by atoms with Crippen LogP contribution in [-0.4, -0.2) is 146 Å². The third-order valence-corrected chi connectivity index (χ3v) is 17.1. The maximum absolute atomic E-state index is 14.9. The average molecular weight is 1090 g/mol. The van der Waals surface area contributed by atoms with E-state index in [1.165, 1.54) is 17.8 Å². The molecule has 2 N–H and O–H groups in total. The molecule has 2 amide bonds. The minimum Gasteiger partial charge on any atom is -0.369 e. The molecule has 2 aliphatic heterocycles. The van der Waals surface area contributed by atoms with Crippen LogP contribution < -0.4 is 14.7 Å². The summed E-state index contributed by atoms with van der Waals surface area (Å²) in [4.78, 5) is 58.7. The number of carbonyl (C=O) groups excluding carboxylic acids is 2. The van der Waals surface area contributed by atoms with Crippen molar-refractivity contribution < 1.29 is 9.59 Å². The van der Waals surface area contributed by atoms with E-state index in [1.807, 2.05) is 72.9 Å². The molecule has 416 valence electrons. The van der Waals surface area contributed by atoms with Crippen LogP contribution in [0.15, 0.2) is 153 Å². The van der Waals surface area contributed by atoms with Crippen molar-refractivity contribution in [1.29, 1.82) is 0 Å². The molecule has 2 saturated heterocycles. The number of aromatic amines is 2. The van der Waals surface area contributed by atoms with E-state index < -0.39 is 0 Å². The predicted molar refractivity (Wildman–Crippen MR) is 331 cm³/mol. The molecule has 0 radical (unpaired) electrons. The van der Waals surface area contributed by atoms with Gasteiger partial charge in [0, 0.05) is 166 Å². The summed E-state index contributed by atoms with van der Waals surface area (Å²) in [5.41, 5.74) is 18.1. The Balaban J connectivity index is 0.989. The fraction of sp³-hybridized carbons (Fsp3) is 0.273. The zero-order chi connectivity index (χ0) is 56.9. The summed E-state index contributed by atoms with van der Waals surface area (Å²) in [5.74, 6) is -0.426. The van der Waals surface area contributed by atoms with Gasteiger partial charge in [0.25, 0.3) is 0 Å². The summed E-state index contributed by atoms with van der Waals surface area (Å²) in [6, 6.07) is 27.6. The number of likely N-dealkylation sites (N-methyl/N-ethyl adjacent to an activating group) is 3. The molecule has 2 atom stereocenters. The Morgan fingerprint density at radius 2 is 1.32 bits per heavy atom. The van der Waals surface area contributed by atoms with Gasteiger partial charge < -0.3 is 39.4 Å². The number of H-pyrrole nitrogens is 2. The van der Waals surface area contributed by atoms with E-state index in [0.717, 1.165) is 158 Å². The quantitative estimate of drug-likeness (QED) is 0.101. The van der Waals surface area contributed by atoms with Crippen molar-refractivity contribution in [1.82, 2.24) is 54.2 Å². The lowest BCUT2D eigenvalue weighted by Gasteiger charge is -2.38. The summed E-state index contributed by atoms with van der Waals surface area (Å²) in [6.45, 7) is 19.9. The number of hydrogen-bond donors (Lipinski definition) is 2. The van der Waals surface area contributed by atoms with Gasteiger partial charge in [-0.2, -0.15) is 10.2 Å². The number of benzene rings is 3. The number of aromatic nitrogens is 8. The number of rotatable bonds is 14. The maximum Gasteiger partial charge on any atom is 0.250 e. The number of piperazine rings is 2. The highest BCUT2D eigenvalue weighted by molar-refractivity contribution is 6.06. The van der Waals surface area contributed by atoms with Gasteiger partial charge >= 0.3 is 0 Å². The first kappa shape index (κ1) is 53.5. The smallest absolute Gasteiger partial charge is 0.250 e. The first-order chi connectivity index (χ1) is 39.7. The van der Waals surface area contributed by atoms with Crippen LogP contribution in [0.4, 0.5) is 17.1 Å². The molecule has 0 bridgehead atoms. The van der Waals surface area contributed by atoms with E-state index in [4.69, 9.17) is 9.97 Å². The summed E-state index contributed by atoms with van der Waals surface area (Å²) in [6.07, 6.45) is 19.0. The predicted octanol–water partition coefficient (Wildman–Crippen LogP) is 10.4. The summed E-state index contributed by atoms with van der Waals surface area (Å²) in [5, 5.41) is 10.9. The molecule has 2 unspecified atom stereocenters. The maximum atomic E-state index is 14.9. The minimum atomic E-state index is -0.361. The molecule has 16 heteroatoms. The van der Waals surface area contributed by atoms with Gasteiger partial charge in [0.15, 0.2) is 0 Å². The lowest BCUT2D eigenvalue weighted by atomic mass is 9.86. The van der Waals surface area contributed by atoms with Gasteiger partial charge in [-0.25, -0.2) is 9.97 Å². The lowest BCUT2D eigenvalue weighted by molar-refractivity contribution is -0.128. The van der Waals surface area contributed by atoms with Crippen LogP contribution in [0, 0.1) is 12.8 Å². The first-order valence-corrected chi connectivity index (χ1v) is 28.2. The molecule has 12 rings (SSSR count). The van der Waals surface area contributed by atoms with Crippen molar-refractivity contribution in [3.63, 3.8) is 0 Å². The number of carbonyl (C=O) groups is 2. The number of anilines is 3. The zero-order valence-corrected chi connectivity index (χ0v) is 47.9. The average Bonchev–Trinajstić information content (AvgIpc) is 4.49. The van der Waals surface area contributed by atoms with Crippen LogP contribution in [0.5, 0.6) is 0 Å². The number of nitrogens with zero attached hydrogens (tertiary/aromatic N) is 12. The second kappa shape index (κ2) is 22.1. The van der Waals surface area contributed by atoms with E-state index in [9.17, 15) is 9.59 Å². The van der Waals surface area contributed by atoms with Gasteiger partial charge in [0.2, 0.25) is 11.8 Å². The molecule has 0 spiro atoms. The minimum absolute atomic E-state index is 0.0510. The molecule has 1 aliphatic carbocycles. The van der Waals surface area contributed by atoms with Crippen molar-refractivity contribution in [3.8, 4) is 55.9 Å². The molecule has 3 aromatic carbocycles. The molecule has 16 nitrogen and oxygen atoms in total. The molecule has 6 aromatic heterocycles. The normalized spacial score (nSPS) is 16.9. The van der Waals surface area contributed by atoms with Crippen molar-refractivity contribution in [2.45, 2.75) is 26.4 Å². The number of pyridine rings is 2. The highest BCUT2D eigenvalue weighted by atomic mass is 16.2. The Morgan fingerprint density at radius 3 is 1.98 bits per heavy atom. The Bertz CT molecular complexity index is 3990. The van der Waals surface area contributed by atoms with Gasteiger partial charge in [0.1, 0.15) is 11.3 Å². The third-order valence-electron chi connectivity index (χ3n) is 17.1. The van der Waals surface area contributed by atoms with Crippen LogP contribution in [0.2, 0.25) is 0 Å². The highest BCUT2D eigenvalue weighted by Crippen LogP contribution is 2.44. The van der Waals surface area contributed by atoms with E-state index in [2.05, 4.69) is 160 Å². The highest BCUT2D eigenvalue weighted by Gasteiger charge is 2.32. The zero-order valence-electron chi connectivity index (χ0n) is 47.9. The van der Waals surface area contributed by atoms with Gasteiger partial charge in [-0.3, -0.25) is 19.0 Å². The molecular formula is C66H70N14O2. The van der Waals surface area contributed by atoms with Crippen LogP contribution in [-0.2, 0) is 30.2 Å². The van der Waals surface area contributed by atoms with Crippen LogP contribution in [0.3, 0.4) is 0 Å². The SMILES string of the molecule is C=CC(=O)N(C)c1cccc(-c2c(-c3ccc(N4CCN(C)CC4)c(CN(C(=O)C=C)C4C=C(c5c(-c6ccc(N7CCN(C)CC7)cc6)[nH]c6ncc(-c7cnn(C)c7C)cc56)C=CC4C)c3)[nH]c3ncc(-c4cnn(C)c4)cc23)c1. The lowest BCUT2D eigenvalue weighted by Crippen LogP contribution is -2.45. The number of fused-ring (bicyclic) bond motifs is 2. The molecule has 8 heterocycles. The van der Waals surface area contributed by atoms with E-state index >= 15 is 0 Å². The second-order valence-corrected chi connectivity index (χ2v) is 22.3. The van der Waals surface area contributed by atoms with Gasteiger partial charge in [-0.05, 0) is 115 Å². The Hall–Kier alpha value is -9.12. The monoisotopic (exact) mass is 1090 g/mol. The van der Waals surface area contributed by atoms with Crippen molar-refractivity contribution in [2.24, 2.45) is 20.0 Å². The fourth-order valence-corrected chi connectivity index (χ4v) is 12.0. The Labute approximate surface area is 479 Å². The number of amides is 2. The van der Waals surface area contributed by atoms with Crippen LogP contribution in [0.1, 0.15) is 23.7 Å². The molecule has 9 aromatic rings. The Kier molecular flexibility index (Phi) is 14.4. The number of allylic oxidation sites excluding steroid dienone is 2. The summed E-state index contributed by atoms with van der Waals surface area (Å²) >= 11 is 0.